The number of sulfone groups is 1. The van der Waals surface area contributed by atoms with Crippen LogP contribution in [0, 0.1) is 6.92 Å². The Balaban J connectivity index is 1.67. The Labute approximate surface area is 180 Å². The van der Waals surface area contributed by atoms with Crippen molar-refractivity contribution in [1.82, 2.24) is 0 Å². The number of anilines is 2. The summed E-state index contributed by atoms with van der Waals surface area (Å²) in [5, 5.41) is 0. The van der Waals surface area contributed by atoms with Gasteiger partial charge in [-0.2, -0.15) is 0 Å². The number of ketones is 1. The minimum atomic E-state index is -3.98. The zero-order valence-electron chi connectivity index (χ0n) is 16.7. The molecule has 2 heterocycles. The summed E-state index contributed by atoms with van der Waals surface area (Å²) in [7, 11) is -3.98. The molecule has 0 amide bonds. The molecule has 31 heavy (non-hydrogen) atoms. The van der Waals surface area contributed by atoms with Crippen molar-refractivity contribution in [2.24, 2.45) is 0 Å². The number of allylic oxidation sites excluding steroid dienone is 1. The van der Waals surface area contributed by atoms with Gasteiger partial charge in [0.15, 0.2) is 11.5 Å². The highest BCUT2D eigenvalue weighted by Gasteiger charge is 2.36. The average Bonchev–Trinajstić information content (AvgIpc) is 2.79. The fourth-order valence-corrected chi connectivity index (χ4v) is 5.22. The standard InChI is InChI=1S/C24H19NO5S/c1-16-6-8-17(9-7-16)24(26)23-15-25(19-4-2-3-5-22(19)31(23,27)28)18-10-11-20-21(14-18)30-13-12-29-20/h2-11,14-15H,12-13H2,1H3. The molecule has 0 bridgehead atoms. The highest BCUT2D eigenvalue weighted by Crippen LogP contribution is 2.43. The largest absolute Gasteiger partial charge is 0.486 e. The molecule has 2 aliphatic rings. The van der Waals surface area contributed by atoms with Crippen LogP contribution in [0.15, 0.2) is 82.7 Å². The molecule has 0 N–H and O–H groups in total. The van der Waals surface area contributed by atoms with E-state index in [1.807, 2.05) is 13.0 Å². The van der Waals surface area contributed by atoms with Gasteiger partial charge in [0, 0.05) is 23.5 Å². The second-order valence-corrected chi connectivity index (χ2v) is 9.24. The number of rotatable bonds is 3. The Bertz CT molecular complexity index is 1330. The summed E-state index contributed by atoms with van der Waals surface area (Å²) < 4.78 is 37.9. The van der Waals surface area contributed by atoms with E-state index in [1.54, 1.807) is 59.5 Å². The van der Waals surface area contributed by atoms with Gasteiger partial charge in [-0.1, -0.05) is 42.0 Å². The number of nitrogens with zero attached hydrogens (tertiary/aromatic N) is 1. The molecule has 0 saturated carbocycles. The zero-order chi connectivity index (χ0) is 21.6. The summed E-state index contributed by atoms with van der Waals surface area (Å²) in [5.74, 6) is 0.666. The van der Waals surface area contributed by atoms with E-state index in [-0.39, 0.29) is 9.80 Å². The van der Waals surface area contributed by atoms with E-state index in [9.17, 15) is 13.2 Å². The lowest BCUT2D eigenvalue weighted by molar-refractivity contribution is 0.104. The molecule has 0 atom stereocenters. The molecule has 3 aromatic rings. The van der Waals surface area contributed by atoms with E-state index < -0.39 is 15.6 Å². The summed E-state index contributed by atoms with van der Waals surface area (Å²) in [5.41, 5.74) is 2.45. The van der Waals surface area contributed by atoms with E-state index in [4.69, 9.17) is 9.47 Å². The molecule has 0 aliphatic carbocycles. The van der Waals surface area contributed by atoms with Gasteiger partial charge in [-0.25, -0.2) is 8.42 Å². The molecule has 6 nitrogen and oxygen atoms in total. The fraction of sp³-hybridized carbons (Fsp3) is 0.125. The zero-order valence-corrected chi connectivity index (χ0v) is 17.6. The van der Waals surface area contributed by atoms with Crippen LogP contribution in [0.1, 0.15) is 15.9 Å². The fourth-order valence-electron chi connectivity index (χ4n) is 3.68. The number of carbonyl (C=O) groups is 1. The van der Waals surface area contributed by atoms with Gasteiger partial charge in [-0.05, 0) is 31.2 Å². The first kappa shape index (κ1) is 19.4. The average molecular weight is 433 g/mol. The third kappa shape index (κ3) is 3.27. The monoisotopic (exact) mass is 433 g/mol. The number of hydrogen-bond donors (Lipinski definition) is 0. The lowest BCUT2D eigenvalue weighted by atomic mass is 10.1. The van der Waals surface area contributed by atoms with E-state index in [0.29, 0.717) is 41.7 Å². The second-order valence-electron chi connectivity index (χ2n) is 7.36. The molecule has 2 aliphatic heterocycles. The first-order valence-corrected chi connectivity index (χ1v) is 11.3. The highest BCUT2D eigenvalue weighted by atomic mass is 32.2. The van der Waals surface area contributed by atoms with Crippen molar-refractivity contribution in [3.05, 3.63) is 89.0 Å². The van der Waals surface area contributed by atoms with Gasteiger partial charge in [0.25, 0.3) is 0 Å². The van der Waals surface area contributed by atoms with Crippen molar-refractivity contribution in [3.63, 3.8) is 0 Å². The van der Waals surface area contributed by atoms with Gasteiger partial charge < -0.3 is 14.4 Å². The predicted molar refractivity (Wildman–Crippen MR) is 117 cm³/mol. The van der Waals surface area contributed by atoms with Gasteiger partial charge in [-0.3, -0.25) is 4.79 Å². The maximum Gasteiger partial charge on any atom is 0.214 e. The van der Waals surface area contributed by atoms with Crippen LogP contribution in [0.2, 0.25) is 0 Å². The van der Waals surface area contributed by atoms with Gasteiger partial charge in [0.2, 0.25) is 15.6 Å². The molecule has 3 aromatic carbocycles. The van der Waals surface area contributed by atoms with Crippen molar-refractivity contribution in [1.29, 1.82) is 0 Å². The molecule has 0 aromatic heterocycles. The first-order valence-electron chi connectivity index (χ1n) is 9.81. The van der Waals surface area contributed by atoms with Gasteiger partial charge in [0.1, 0.15) is 18.1 Å². The van der Waals surface area contributed by atoms with Crippen LogP contribution in [0.4, 0.5) is 11.4 Å². The molecule has 0 saturated heterocycles. The molecule has 156 valence electrons. The number of fused-ring (bicyclic) bond motifs is 2. The molecule has 0 unspecified atom stereocenters. The van der Waals surface area contributed by atoms with Crippen molar-refractivity contribution in [2.45, 2.75) is 11.8 Å². The van der Waals surface area contributed by atoms with E-state index in [2.05, 4.69) is 0 Å². The molecule has 7 heteroatoms. The van der Waals surface area contributed by atoms with Crippen molar-refractivity contribution in [3.8, 4) is 11.5 Å². The SMILES string of the molecule is Cc1ccc(C(=O)C2=CN(c3ccc4c(c3)OCCO4)c3ccccc3S2(=O)=O)cc1. The lowest BCUT2D eigenvalue weighted by Gasteiger charge is -2.29. The van der Waals surface area contributed by atoms with Crippen LogP contribution < -0.4 is 14.4 Å². The maximum atomic E-state index is 13.3. The number of Topliss-reactive ketones (excluding diaryl/α,β-unsaturated/α-hetero) is 1. The van der Waals surface area contributed by atoms with Crippen molar-refractivity contribution in [2.75, 3.05) is 18.1 Å². The Morgan fingerprint density at radius 1 is 0.903 bits per heavy atom. The van der Waals surface area contributed by atoms with E-state index >= 15 is 0 Å². The Morgan fingerprint density at radius 2 is 1.61 bits per heavy atom. The second kappa shape index (κ2) is 7.28. The summed E-state index contributed by atoms with van der Waals surface area (Å²) in [6.07, 6.45) is 1.39. The first-order chi connectivity index (χ1) is 14.9. The Hall–Kier alpha value is -3.58. The predicted octanol–water partition coefficient (Wildman–Crippen LogP) is 4.42. The summed E-state index contributed by atoms with van der Waals surface area (Å²) in [4.78, 5) is 14.7. The van der Waals surface area contributed by atoms with Gasteiger partial charge in [-0.15, -0.1) is 0 Å². The Kier molecular flexibility index (Phi) is 4.55. The number of carbonyl (C=O) groups excluding carboxylic acids is 1. The number of benzene rings is 3. The molecule has 5 rings (SSSR count). The van der Waals surface area contributed by atoms with Crippen LogP contribution in [0.25, 0.3) is 0 Å². The van der Waals surface area contributed by atoms with Crippen LogP contribution in [-0.4, -0.2) is 27.4 Å². The van der Waals surface area contributed by atoms with Crippen molar-refractivity contribution < 1.29 is 22.7 Å². The Morgan fingerprint density at radius 3 is 2.39 bits per heavy atom. The number of aryl methyl sites for hydroxylation is 1. The molecule has 0 radical (unpaired) electrons. The number of para-hydroxylation sites is 1. The van der Waals surface area contributed by atoms with Crippen LogP contribution in [-0.2, 0) is 9.84 Å². The molecule has 0 fully saturated rings. The maximum absolute atomic E-state index is 13.3. The van der Waals surface area contributed by atoms with Gasteiger partial charge >= 0.3 is 0 Å². The normalized spacial score (nSPS) is 16.3. The van der Waals surface area contributed by atoms with E-state index in [0.717, 1.165) is 5.56 Å². The molecule has 0 spiro atoms. The summed E-state index contributed by atoms with van der Waals surface area (Å²) >= 11 is 0. The topological polar surface area (TPSA) is 72.9 Å². The smallest absolute Gasteiger partial charge is 0.214 e. The number of hydrogen-bond acceptors (Lipinski definition) is 6. The van der Waals surface area contributed by atoms with Crippen molar-refractivity contribution >= 4 is 27.0 Å². The number of ether oxygens (including phenoxy) is 2. The minimum Gasteiger partial charge on any atom is -0.486 e. The third-order valence-electron chi connectivity index (χ3n) is 5.29. The molecular weight excluding hydrogens is 414 g/mol. The van der Waals surface area contributed by atoms with Crippen LogP contribution in [0.5, 0.6) is 11.5 Å². The van der Waals surface area contributed by atoms with Crippen LogP contribution >= 0.6 is 0 Å². The third-order valence-corrected chi connectivity index (χ3v) is 7.09. The minimum absolute atomic E-state index is 0.0860. The summed E-state index contributed by atoms with van der Waals surface area (Å²) in [6, 6.07) is 18.9. The quantitative estimate of drug-likeness (QED) is 0.570. The lowest BCUT2D eigenvalue weighted by Crippen LogP contribution is -2.26. The van der Waals surface area contributed by atoms with Gasteiger partial charge in [0.05, 0.1) is 10.6 Å². The highest BCUT2D eigenvalue weighted by molar-refractivity contribution is 7.96. The van der Waals surface area contributed by atoms with Crippen LogP contribution in [0.3, 0.4) is 0 Å². The van der Waals surface area contributed by atoms with E-state index in [1.165, 1.54) is 12.3 Å². The summed E-state index contributed by atoms with van der Waals surface area (Å²) in [6.45, 7) is 2.82. The molecular formula is C24H19NO5S.